The monoisotopic (exact) mass is 344 g/mol. The Morgan fingerprint density at radius 1 is 1.00 bits per heavy atom. The van der Waals surface area contributed by atoms with Gasteiger partial charge in [-0.1, -0.05) is 41.9 Å². The van der Waals surface area contributed by atoms with Gasteiger partial charge >= 0.3 is 6.03 Å². The van der Waals surface area contributed by atoms with Crippen LogP contribution < -0.4 is 4.90 Å². The number of nitrogens with zero attached hydrogens (tertiary/aromatic N) is 2. The quantitative estimate of drug-likeness (QED) is 0.775. The standard InChI is InChI=1S/C17H13ClN2O2S/c18-12-6-8-13(9-7-12)19-15(21)14-10-23-16(20(14)17(19)22)11-4-2-1-3-5-11/h1-9,14,16H,10H2. The van der Waals surface area contributed by atoms with Gasteiger partial charge in [-0.05, 0) is 29.8 Å². The fourth-order valence-electron chi connectivity index (χ4n) is 2.99. The van der Waals surface area contributed by atoms with Crippen molar-refractivity contribution in [2.24, 2.45) is 0 Å². The predicted octanol–water partition coefficient (Wildman–Crippen LogP) is 3.92. The summed E-state index contributed by atoms with van der Waals surface area (Å²) in [6.45, 7) is 0. The molecule has 4 rings (SSSR count). The fraction of sp³-hybridized carbons (Fsp3) is 0.176. The number of hydrogen-bond donors (Lipinski definition) is 0. The van der Waals surface area contributed by atoms with Crippen LogP contribution in [-0.4, -0.2) is 28.6 Å². The Hall–Kier alpha value is -1.98. The van der Waals surface area contributed by atoms with Crippen molar-refractivity contribution in [1.82, 2.24) is 4.90 Å². The van der Waals surface area contributed by atoms with E-state index in [-0.39, 0.29) is 17.3 Å². The molecule has 6 heteroatoms. The van der Waals surface area contributed by atoms with Crippen molar-refractivity contribution < 1.29 is 9.59 Å². The molecule has 3 amide bonds. The molecule has 2 aromatic carbocycles. The molecule has 0 N–H and O–H groups in total. The highest BCUT2D eigenvalue weighted by Crippen LogP contribution is 2.45. The third-order valence-electron chi connectivity index (χ3n) is 4.09. The van der Waals surface area contributed by atoms with E-state index in [2.05, 4.69) is 0 Å². The lowest BCUT2D eigenvalue weighted by atomic mass is 10.2. The summed E-state index contributed by atoms with van der Waals surface area (Å²) in [6.07, 6.45) is 0. The number of carbonyl (C=O) groups excluding carboxylic acids is 2. The van der Waals surface area contributed by atoms with Crippen molar-refractivity contribution in [3.63, 3.8) is 0 Å². The summed E-state index contributed by atoms with van der Waals surface area (Å²) in [5.41, 5.74) is 1.61. The first kappa shape index (κ1) is 14.6. The van der Waals surface area contributed by atoms with Crippen LogP contribution in [0.1, 0.15) is 10.9 Å². The number of fused-ring (bicyclic) bond motifs is 1. The number of amides is 3. The molecule has 0 aromatic heterocycles. The first-order valence-electron chi connectivity index (χ1n) is 7.25. The van der Waals surface area contributed by atoms with Gasteiger partial charge in [0.15, 0.2) is 0 Å². The highest BCUT2D eigenvalue weighted by Gasteiger charge is 2.53. The summed E-state index contributed by atoms with van der Waals surface area (Å²) >= 11 is 7.52. The summed E-state index contributed by atoms with van der Waals surface area (Å²) in [5.74, 6) is 0.456. The average Bonchev–Trinajstić information content (AvgIpc) is 3.11. The van der Waals surface area contributed by atoms with Gasteiger partial charge in [0.05, 0.1) is 5.69 Å². The molecule has 2 fully saturated rings. The largest absolute Gasteiger partial charge is 0.333 e. The van der Waals surface area contributed by atoms with Gasteiger partial charge in [0.1, 0.15) is 11.4 Å². The molecule has 2 heterocycles. The molecule has 2 aliphatic rings. The summed E-state index contributed by atoms with van der Waals surface area (Å²) in [5, 5.41) is 0.459. The van der Waals surface area contributed by atoms with Crippen molar-refractivity contribution in [2.45, 2.75) is 11.4 Å². The molecule has 4 nitrogen and oxygen atoms in total. The molecular formula is C17H13ClN2O2S. The Kier molecular flexibility index (Phi) is 3.54. The first-order valence-corrected chi connectivity index (χ1v) is 8.68. The Balaban J connectivity index is 1.69. The Morgan fingerprint density at radius 2 is 1.70 bits per heavy atom. The Bertz CT molecular complexity index is 766. The minimum absolute atomic E-state index is 0.116. The smallest absolute Gasteiger partial charge is 0.295 e. The molecule has 0 radical (unpaired) electrons. The van der Waals surface area contributed by atoms with Crippen LogP contribution in [0.5, 0.6) is 0 Å². The van der Waals surface area contributed by atoms with Crippen LogP contribution in [0.15, 0.2) is 54.6 Å². The predicted molar refractivity (Wildman–Crippen MR) is 91.6 cm³/mol. The zero-order valence-corrected chi connectivity index (χ0v) is 13.6. The van der Waals surface area contributed by atoms with Gasteiger partial charge in [0.2, 0.25) is 0 Å². The number of carbonyl (C=O) groups is 2. The second-order valence-corrected chi connectivity index (χ2v) is 7.00. The lowest BCUT2D eigenvalue weighted by molar-refractivity contribution is -0.119. The van der Waals surface area contributed by atoms with E-state index in [0.29, 0.717) is 16.5 Å². The number of hydrogen-bond acceptors (Lipinski definition) is 3. The lowest BCUT2D eigenvalue weighted by Crippen LogP contribution is -2.33. The first-order chi connectivity index (χ1) is 11.2. The molecule has 0 aliphatic carbocycles. The second kappa shape index (κ2) is 5.58. The van der Waals surface area contributed by atoms with Crippen molar-refractivity contribution in [2.75, 3.05) is 10.7 Å². The van der Waals surface area contributed by atoms with E-state index in [1.165, 1.54) is 4.90 Å². The van der Waals surface area contributed by atoms with Crippen LogP contribution in [-0.2, 0) is 4.79 Å². The average molecular weight is 345 g/mol. The Labute approximate surface area is 143 Å². The molecule has 2 unspecified atom stereocenters. The number of urea groups is 1. The van der Waals surface area contributed by atoms with Gasteiger partial charge in [-0.25, -0.2) is 9.69 Å². The maximum atomic E-state index is 12.9. The highest BCUT2D eigenvalue weighted by molar-refractivity contribution is 7.99. The molecule has 2 atom stereocenters. The zero-order chi connectivity index (χ0) is 16.0. The summed E-state index contributed by atoms with van der Waals surface area (Å²) in [4.78, 5) is 28.5. The van der Waals surface area contributed by atoms with Gasteiger partial charge in [-0.3, -0.25) is 9.69 Å². The third kappa shape index (κ3) is 2.31. The van der Waals surface area contributed by atoms with E-state index in [9.17, 15) is 9.59 Å². The number of halogens is 1. The normalized spacial score (nSPS) is 23.5. The van der Waals surface area contributed by atoms with Crippen LogP contribution in [0.2, 0.25) is 5.02 Å². The minimum Gasteiger partial charge on any atom is -0.295 e. The van der Waals surface area contributed by atoms with E-state index in [4.69, 9.17) is 11.6 Å². The summed E-state index contributed by atoms with van der Waals surface area (Å²) < 4.78 is 0. The van der Waals surface area contributed by atoms with Gasteiger partial charge < -0.3 is 0 Å². The molecule has 2 saturated heterocycles. The van der Waals surface area contributed by atoms with E-state index in [0.717, 1.165) is 5.56 Å². The number of benzene rings is 2. The molecule has 0 bridgehead atoms. The van der Waals surface area contributed by atoms with E-state index in [1.807, 2.05) is 30.3 Å². The highest BCUT2D eigenvalue weighted by atomic mass is 35.5. The molecule has 2 aromatic rings. The number of anilines is 1. The number of rotatable bonds is 2. The van der Waals surface area contributed by atoms with Crippen LogP contribution in [0.4, 0.5) is 10.5 Å². The maximum Gasteiger partial charge on any atom is 0.333 e. The van der Waals surface area contributed by atoms with E-state index < -0.39 is 6.04 Å². The molecule has 2 aliphatic heterocycles. The second-order valence-electron chi connectivity index (χ2n) is 5.45. The van der Waals surface area contributed by atoms with E-state index in [1.54, 1.807) is 40.9 Å². The van der Waals surface area contributed by atoms with Gasteiger partial charge in [-0.2, -0.15) is 0 Å². The minimum atomic E-state index is -0.395. The van der Waals surface area contributed by atoms with Gasteiger partial charge in [0, 0.05) is 10.8 Å². The lowest BCUT2D eigenvalue weighted by Gasteiger charge is -2.23. The summed E-state index contributed by atoms with van der Waals surface area (Å²) in [7, 11) is 0. The van der Waals surface area contributed by atoms with Crippen LogP contribution >= 0.6 is 23.4 Å². The Morgan fingerprint density at radius 3 is 2.39 bits per heavy atom. The van der Waals surface area contributed by atoms with E-state index >= 15 is 0 Å². The summed E-state index contributed by atoms with van der Waals surface area (Å²) in [6, 6.07) is 15.9. The number of imide groups is 1. The van der Waals surface area contributed by atoms with Crippen LogP contribution in [0, 0.1) is 0 Å². The molecular weight excluding hydrogens is 332 g/mol. The number of thioether (sulfide) groups is 1. The zero-order valence-electron chi connectivity index (χ0n) is 12.1. The van der Waals surface area contributed by atoms with Gasteiger partial charge in [-0.15, -0.1) is 11.8 Å². The van der Waals surface area contributed by atoms with Gasteiger partial charge in [0.25, 0.3) is 5.91 Å². The van der Waals surface area contributed by atoms with Crippen molar-refractivity contribution in [3.8, 4) is 0 Å². The van der Waals surface area contributed by atoms with Crippen LogP contribution in [0.3, 0.4) is 0 Å². The molecule has 23 heavy (non-hydrogen) atoms. The SMILES string of the molecule is O=C1C2CSC(c3ccccc3)N2C(=O)N1c1ccc(Cl)cc1. The van der Waals surface area contributed by atoms with Crippen molar-refractivity contribution in [1.29, 1.82) is 0 Å². The maximum absolute atomic E-state index is 12.9. The molecule has 116 valence electrons. The molecule has 0 saturated carbocycles. The molecule has 0 spiro atoms. The fourth-order valence-corrected chi connectivity index (χ4v) is 4.53. The topological polar surface area (TPSA) is 40.6 Å². The van der Waals surface area contributed by atoms with Crippen LogP contribution in [0.25, 0.3) is 0 Å². The van der Waals surface area contributed by atoms with Crippen molar-refractivity contribution >= 4 is 41.0 Å². The van der Waals surface area contributed by atoms with Crippen molar-refractivity contribution in [3.05, 3.63) is 65.2 Å². The third-order valence-corrected chi connectivity index (χ3v) is 5.66.